The summed E-state index contributed by atoms with van der Waals surface area (Å²) in [6.45, 7) is 3.91. The molecule has 1 aromatic carbocycles. The van der Waals surface area contributed by atoms with Crippen molar-refractivity contribution in [3.8, 4) is 0 Å². The lowest BCUT2D eigenvalue weighted by atomic mass is 9.91. The van der Waals surface area contributed by atoms with Gasteiger partial charge in [-0.3, -0.25) is 4.79 Å². The van der Waals surface area contributed by atoms with Gasteiger partial charge in [0.05, 0.1) is 5.69 Å². The summed E-state index contributed by atoms with van der Waals surface area (Å²) < 4.78 is 0. The molecule has 0 saturated heterocycles. The van der Waals surface area contributed by atoms with Gasteiger partial charge in [0.1, 0.15) is 0 Å². The van der Waals surface area contributed by atoms with Gasteiger partial charge in [0.25, 0.3) is 5.91 Å². The van der Waals surface area contributed by atoms with Crippen LogP contribution in [-0.2, 0) is 10.4 Å². The van der Waals surface area contributed by atoms with Gasteiger partial charge >= 0.3 is 0 Å². The number of amides is 1. The van der Waals surface area contributed by atoms with E-state index in [1.54, 1.807) is 7.05 Å². The highest BCUT2D eigenvalue weighted by Crippen LogP contribution is 2.41. The first-order chi connectivity index (χ1) is 7.97. The molecule has 0 spiro atoms. The Balaban J connectivity index is 2.48. The first kappa shape index (κ1) is 11.9. The number of anilines is 1. The van der Waals surface area contributed by atoms with E-state index in [1.807, 2.05) is 44.2 Å². The maximum Gasteiger partial charge on any atom is 0.263 e. The standard InChI is InChI=1S/C14H17NO2/c1-10(2)8-9-14(17)11-6-4-5-7-12(11)15(3)13(14)16/h4-8,17H,9H2,1-3H3. The molecule has 3 heteroatoms. The van der Waals surface area contributed by atoms with Crippen molar-refractivity contribution in [1.82, 2.24) is 0 Å². The molecule has 3 nitrogen and oxygen atoms in total. The molecule has 0 saturated carbocycles. The molecule has 1 unspecified atom stereocenters. The fourth-order valence-electron chi connectivity index (χ4n) is 2.17. The molecule has 0 fully saturated rings. The maximum absolute atomic E-state index is 12.1. The molecular formula is C14H17NO2. The lowest BCUT2D eigenvalue weighted by molar-refractivity contribution is -0.135. The minimum absolute atomic E-state index is 0.254. The van der Waals surface area contributed by atoms with E-state index in [4.69, 9.17) is 0 Å². The summed E-state index contributed by atoms with van der Waals surface area (Å²) in [5, 5.41) is 10.6. The van der Waals surface area contributed by atoms with Crippen LogP contribution in [0.25, 0.3) is 0 Å². The molecule has 1 heterocycles. The molecule has 1 aliphatic heterocycles. The SMILES string of the molecule is CC(C)=CCC1(O)C(=O)N(C)c2ccccc21. The summed E-state index contributed by atoms with van der Waals surface area (Å²) in [6, 6.07) is 7.39. The van der Waals surface area contributed by atoms with Crippen molar-refractivity contribution < 1.29 is 9.90 Å². The fraction of sp³-hybridized carbons (Fsp3) is 0.357. The number of rotatable bonds is 2. The summed E-state index contributed by atoms with van der Waals surface area (Å²) in [6.07, 6.45) is 2.23. The Morgan fingerprint density at radius 2 is 2.06 bits per heavy atom. The van der Waals surface area contributed by atoms with Crippen LogP contribution in [0.4, 0.5) is 5.69 Å². The van der Waals surface area contributed by atoms with Crippen molar-refractivity contribution in [2.24, 2.45) is 0 Å². The average Bonchev–Trinajstić information content (AvgIpc) is 2.51. The van der Waals surface area contributed by atoms with E-state index in [0.29, 0.717) is 12.0 Å². The Kier molecular flexibility index (Phi) is 2.79. The molecule has 0 radical (unpaired) electrons. The molecule has 2 rings (SSSR count). The van der Waals surface area contributed by atoms with Crippen molar-refractivity contribution in [2.75, 3.05) is 11.9 Å². The number of aliphatic hydroxyl groups is 1. The zero-order valence-corrected chi connectivity index (χ0v) is 10.4. The zero-order chi connectivity index (χ0) is 12.6. The predicted molar refractivity (Wildman–Crippen MR) is 67.8 cm³/mol. The zero-order valence-electron chi connectivity index (χ0n) is 10.4. The van der Waals surface area contributed by atoms with Crippen LogP contribution < -0.4 is 4.90 Å². The van der Waals surface area contributed by atoms with Crippen molar-refractivity contribution in [1.29, 1.82) is 0 Å². The number of allylic oxidation sites excluding steroid dienone is 1. The lowest BCUT2D eigenvalue weighted by Gasteiger charge is -2.20. The fourth-order valence-corrected chi connectivity index (χ4v) is 2.17. The Morgan fingerprint density at radius 3 is 2.71 bits per heavy atom. The number of benzene rings is 1. The molecule has 90 valence electrons. The van der Waals surface area contributed by atoms with Gasteiger partial charge in [-0.05, 0) is 19.9 Å². The largest absolute Gasteiger partial charge is 0.375 e. The summed E-state index contributed by atoms with van der Waals surface area (Å²) >= 11 is 0. The molecule has 0 aromatic heterocycles. The van der Waals surface area contributed by atoms with Crippen molar-refractivity contribution in [2.45, 2.75) is 25.9 Å². The highest BCUT2D eigenvalue weighted by Gasteiger charge is 2.47. The van der Waals surface area contributed by atoms with E-state index in [2.05, 4.69) is 0 Å². The van der Waals surface area contributed by atoms with Crippen LogP contribution in [-0.4, -0.2) is 18.1 Å². The normalized spacial score (nSPS) is 22.6. The molecular weight excluding hydrogens is 214 g/mol. The van der Waals surface area contributed by atoms with Crippen molar-refractivity contribution in [3.05, 3.63) is 41.5 Å². The highest BCUT2D eigenvalue weighted by atomic mass is 16.3. The number of carbonyl (C=O) groups is 1. The number of likely N-dealkylation sites (N-methyl/N-ethyl adjacent to an activating group) is 1. The molecule has 0 aliphatic carbocycles. The van der Waals surface area contributed by atoms with Gasteiger partial charge in [0.15, 0.2) is 5.60 Å². The minimum Gasteiger partial charge on any atom is -0.375 e. The first-order valence-corrected chi connectivity index (χ1v) is 5.70. The Morgan fingerprint density at radius 1 is 1.41 bits per heavy atom. The quantitative estimate of drug-likeness (QED) is 0.793. The Hall–Kier alpha value is -1.61. The van der Waals surface area contributed by atoms with Crippen LogP contribution in [0.5, 0.6) is 0 Å². The first-order valence-electron chi connectivity index (χ1n) is 5.70. The number of para-hydroxylation sites is 1. The molecule has 1 amide bonds. The number of hydrogen-bond donors (Lipinski definition) is 1. The van der Waals surface area contributed by atoms with E-state index in [9.17, 15) is 9.90 Å². The molecule has 1 aliphatic rings. The highest BCUT2D eigenvalue weighted by molar-refractivity contribution is 6.06. The van der Waals surface area contributed by atoms with Gasteiger partial charge in [-0.2, -0.15) is 0 Å². The van der Waals surface area contributed by atoms with E-state index in [-0.39, 0.29) is 5.91 Å². The number of carbonyl (C=O) groups excluding carboxylic acids is 1. The molecule has 17 heavy (non-hydrogen) atoms. The van der Waals surface area contributed by atoms with Crippen molar-refractivity contribution >= 4 is 11.6 Å². The third-order valence-electron chi connectivity index (χ3n) is 3.18. The van der Waals surface area contributed by atoms with E-state index in [0.717, 1.165) is 11.3 Å². The molecule has 1 N–H and O–H groups in total. The second kappa shape index (κ2) is 4.00. The third kappa shape index (κ3) is 1.76. The smallest absolute Gasteiger partial charge is 0.263 e. The Bertz CT molecular complexity index is 489. The summed E-state index contributed by atoms with van der Waals surface area (Å²) in [4.78, 5) is 13.7. The Labute approximate surface area is 101 Å². The van der Waals surface area contributed by atoms with Gasteiger partial charge in [-0.15, -0.1) is 0 Å². The summed E-state index contributed by atoms with van der Waals surface area (Å²) in [5.74, 6) is -0.254. The number of nitrogens with zero attached hydrogens (tertiary/aromatic N) is 1. The van der Waals surface area contributed by atoms with Crippen LogP contribution in [0, 0.1) is 0 Å². The second-order valence-corrected chi connectivity index (χ2v) is 4.73. The molecule has 1 aromatic rings. The van der Waals surface area contributed by atoms with E-state index >= 15 is 0 Å². The van der Waals surface area contributed by atoms with Crippen LogP contribution in [0.15, 0.2) is 35.9 Å². The monoisotopic (exact) mass is 231 g/mol. The van der Waals surface area contributed by atoms with Gasteiger partial charge in [0, 0.05) is 19.0 Å². The summed E-state index contributed by atoms with van der Waals surface area (Å²) in [7, 11) is 1.70. The van der Waals surface area contributed by atoms with E-state index in [1.165, 1.54) is 4.90 Å². The minimum atomic E-state index is -1.40. The van der Waals surface area contributed by atoms with Crippen LogP contribution in [0.2, 0.25) is 0 Å². The molecule has 1 atom stereocenters. The van der Waals surface area contributed by atoms with Gasteiger partial charge in [0.2, 0.25) is 0 Å². The van der Waals surface area contributed by atoms with Crippen LogP contribution >= 0.6 is 0 Å². The van der Waals surface area contributed by atoms with Crippen LogP contribution in [0.1, 0.15) is 25.8 Å². The maximum atomic E-state index is 12.1. The number of fused-ring (bicyclic) bond motifs is 1. The lowest BCUT2D eigenvalue weighted by Crippen LogP contribution is -2.38. The second-order valence-electron chi connectivity index (χ2n) is 4.73. The predicted octanol–water partition coefficient (Wildman–Crippen LogP) is 2.21. The van der Waals surface area contributed by atoms with Crippen molar-refractivity contribution in [3.63, 3.8) is 0 Å². The topological polar surface area (TPSA) is 40.5 Å². The van der Waals surface area contributed by atoms with E-state index < -0.39 is 5.60 Å². The van der Waals surface area contributed by atoms with Gasteiger partial charge in [-0.25, -0.2) is 0 Å². The van der Waals surface area contributed by atoms with Crippen LogP contribution in [0.3, 0.4) is 0 Å². The van der Waals surface area contributed by atoms with Gasteiger partial charge < -0.3 is 10.0 Å². The number of hydrogen-bond acceptors (Lipinski definition) is 2. The summed E-state index contributed by atoms with van der Waals surface area (Å²) in [5.41, 5.74) is 1.19. The molecule has 0 bridgehead atoms. The van der Waals surface area contributed by atoms with Gasteiger partial charge in [-0.1, -0.05) is 29.8 Å². The average molecular weight is 231 g/mol. The third-order valence-corrected chi connectivity index (χ3v) is 3.18.